The summed E-state index contributed by atoms with van der Waals surface area (Å²) in [7, 11) is 0. The molecule has 1 N–H and O–H groups in total. The van der Waals surface area contributed by atoms with Crippen LogP contribution in [0.3, 0.4) is 0 Å². The molecule has 1 heterocycles. The molecule has 114 valence electrons. The van der Waals surface area contributed by atoms with Gasteiger partial charge in [0.2, 0.25) is 0 Å². The molecule has 1 spiro atoms. The fourth-order valence-electron chi connectivity index (χ4n) is 3.41. The number of hydrogen-bond donors (Lipinski definition) is 1. The predicted octanol–water partition coefficient (Wildman–Crippen LogP) is 2.77. The minimum atomic E-state index is -1.18. The van der Waals surface area contributed by atoms with Gasteiger partial charge in [-0.1, -0.05) is 28.7 Å². The van der Waals surface area contributed by atoms with Gasteiger partial charge in [-0.05, 0) is 57.8 Å². The highest BCUT2D eigenvalue weighted by atomic mass is 32.2. The molecule has 3 rings (SSSR count). The molecule has 0 saturated carbocycles. The summed E-state index contributed by atoms with van der Waals surface area (Å²) in [5.41, 5.74) is 3.93. The Kier molecular flexibility index (Phi) is 3.89. The van der Waals surface area contributed by atoms with Gasteiger partial charge in [0.15, 0.2) is 0 Å². The van der Waals surface area contributed by atoms with Crippen LogP contribution in [-0.4, -0.2) is 28.1 Å². The van der Waals surface area contributed by atoms with Gasteiger partial charge in [0.25, 0.3) is 0 Å². The molecule has 1 aliphatic heterocycles. The summed E-state index contributed by atoms with van der Waals surface area (Å²) >= 11 is -1.18. The van der Waals surface area contributed by atoms with Crippen LogP contribution in [0.5, 0.6) is 0 Å². The van der Waals surface area contributed by atoms with Crippen molar-refractivity contribution in [2.24, 2.45) is 4.40 Å². The highest BCUT2D eigenvalue weighted by Crippen LogP contribution is 2.44. The van der Waals surface area contributed by atoms with E-state index in [9.17, 15) is 4.55 Å². The molecule has 1 unspecified atom stereocenters. The fraction of sp³-hybridized carbons (Fsp3) is 0.588. The SMILES string of the molecule is CC(C)(C)[S+]([O-])N=C1Cc2ccccc2C12CCNCC2. The van der Waals surface area contributed by atoms with Gasteiger partial charge >= 0.3 is 0 Å². The van der Waals surface area contributed by atoms with Gasteiger partial charge in [0.05, 0.1) is 5.71 Å². The van der Waals surface area contributed by atoms with E-state index in [1.54, 1.807) is 0 Å². The number of nitrogens with one attached hydrogen (secondary N) is 1. The largest absolute Gasteiger partial charge is 0.591 e. The summed E-state index contributed by atoms with van der Waals surface area (Å²) in [6, 6.07) is 8.65. The first-order valence-corrected chi connectivity index (χ1v) is 8.83. The van der Waals surface area contributed by atoms with Crippen LogP contribution in [-0.2, 0) is 23.2 Å². The second-order valence-electron chi connectivity index (χ2n) is 7.07. The van der Waals surface area contributed by atoms with Crippen molar-refractivity contribution >= 4 is 17.1 Å². The van der Waals surface area contributed by atoms with Crippen LogP contribution in [0.1, 0.15) is 44.7 Å². The summed E-state index contributed by atoms with van der Waals surface area (Å²) in [6.45, 7) is 7.99. The van der Waals surface area contributed by atoms with Gasteiger partial charge in [0.1, 0.15) is 16.1 Å². The zero-order valence-corrected chi connectivity index (χ0v) is 13.9. The minimum absolute atomic E-state index is 0.0166. The minimum Gasteiger partial charge on any atom is -0.591 e. The number of nitrogens with zero attached hydrogens (tertiary/aromatic N) is 1. The van der Waals surface area contributed by atoms with Crippen molar-refractivity contribution in [1.29, 1.82) is 0 Å². The molecular weight excluding hydrogens is 280 g/mol. The Hall–Kier alpha value is -0.840. The molecule has 1 saturated heterocycles. The molecule has 2 aliphatic rings. The van der Waals surface area contributed by atoms with Crippen molar-refractivity contribution in [3.8, 4) is 0 Å². The number of fused-ring (bicyclic) bond motifs is 2. The van der Waals surface area contributed by atoms with Gasteiger partial charge in [-0.2, -0.15) is 0 Å². The monoisotopic (exact) mass is 304 g/mol. The summed E-state index contributed by atoms with van der Waals surface area (Å²) in [6.07, 6.45) is 2.98. The van der Waals surface area contributed by atoms with Gasteiger partial charge in [-0.15, -0.1) is 0 Å². The van der Waals surface area contributed by atoms with Crippen LogP contribution in [0.15, 0.2) is 28.7 Å². The standard InChI is InChI=1S/C17H24N2OS/c1-16(2,3)21(20)19-15-12-13-6-4-5-7-14(13)17(15)8-10-18-11-9-17/h4-7,18H,8-12H2,1-3H3. The number of rotatable bonds is 1. The van der Waals surface area contributed by atoms with Crippen molar-refractivity contribution < 1.29 is 4.55 Å². The topological polar surface area (TPSA) is 47.5 Å². The molecule has 0 aromatic heterocycles. The summed E-state index contributed by atoms with van der Waals surface area (Å²) in [5, 5.41) is 3.44. The van der Waals surface area contributed by atoms with E-state index in [1.807, 2.05) is 20.8 Å². The average molecular weight is 304 g/mol. The van der Waals surface area contributed by atoms with E-state index in [0.717, 1.165) is 38.1 Å². The lowest BCUT2D eigenvalue weighted by atomic mass is 9.73. The van der Waals surface area contributed by atoms with Crippen LogP contribution in [0.2, 0.25) is 0 Å². The van der Waals surface area contributed by atoms with Gasteiger partial charge in [-0.3, -0.25) is 0 Å². The zero-order valence-electron chi connectivity index (χ0n) is 13.1. The van der Waals surface area contributed by atoms with E-state index >= 15 is 0 Å². The third kappa shape index (κ3) is 2.65. The number of piperidine rings is 1. The van der Waals surface area contributed by atoms with E-state index in [0.29, 0.717) is 0 Å². The second kappa shape index (κ2) is 5.41. The van der Waals surface area contributed by atoms with Gasteiger partial charge in [0, 0.05) is 11.8 Å². The maximum atomic E-state index is 12.5. The Balaban J connectivity index is 2.04. The van der Waals surface area contributed by atoms with Crippen molar-refractivity contribution in [3.05, 3.63) is 35.4 Å². The normalized spacial score (nSPS) is 24.3. The summed E-state index contributed by atoms with van der Waals surface area (Å²) < 4.78 is 16.9. The quantitative estimate of drug-likeness (QED) is 0.811. The Bertz CT molecular complexity index is 556. The van der Waals surface area contributed by atoms with Crippen molar-refractivity contribution in [2.75, 3.05) is 13.1 Å². The third-order valence-corrected chi connectivity index (χ3v) is 6.05. The second-order valence-corrected chi connectivity index (χ2v) is 8.97. The van der Waals surface area contributed by atoms with E-state index in [2.05, 4.69) is 29.6 Å². The van der Waals surface area contributed by atoms with Crippen molar-refractivity contribution in [2.45, 2.75) is 50.2 Å². The molecule has 1 aromatic rings. The Labute approximate surface area is 130 Å². The van der Waals surface area contributed by atoms with E-state index in [-0.39, 0.29) is 10.2 Å². The van der Waals surface area contributed by atoms with E-state index in [4.69, 9.17) is 4.40 Å². The van der Waals surface area contributed by atoms with E-state index in [1.165, 1.54) is 11.1 Å². The van der Waals surface area contributed by atoms with Gasteiger partial charge in [-0.25, -0.2) is 0 Å². The molecule has 21 heavy (non-hydrogen) atoms. The molecule has 1 fully saturated rings. The number of hydrogen-bond acceptors (Lipinski definition) is 3. The highest BCUT2D eigenvalue weighted by Gasteiger charge is 2.46. The zero-order chi connectivity index (χ0) is 15.1. The van der Waals surface area contributed by atoms with Crippen LogP contribution in [0.25, 0.3) is 0 Å². The van der Waals surface area contributed by atoms with Crippen LogP contribution < -0.4 is 5.32 Å². The number of benzene rings is 1. The molecule has 1 aromatic carbocycles. The summed E-state index contributed by atoms with van der Waals surface area (Å²) in [5.74, 6) is 0. The smallest absolute Gasteiger partial charge is 0.144 e. The lowest BCUT2D eigenvalue weighted by Gasteiger charge is -2.35. The maximum Gasteiger partial charge on any atom is 0.144 e. The van der Waals surface area contributed by atoms with Gasteiger partial charge < -0.3 is 9.87 Å². The summed E-state index contributed by atoms with van der Waals surface area (Å²) in [4.78, 5) is 0. The predicted molar refractivity (Wildman–Crippen MR) is 89.3 cm³/mol. The molecule has 0 bridgehead atoms. The first-order chi connectivity index (χ1) is 9.93. The van der Waals surface area contributed by atoms with Crippen LogP contribution in [0, 0.1) is 0 Å². The third-order valence-electron chi connectivity index (χ3n) is 4.62. The lowest BCUT2D eigenvalue weighted by molar-refractivity contribution is 0.401. The fourth-order valence-corrected chi connectivity index (χ4v) is 4.13. The Morgan fingerprint density at radius 1 is 1.19 bits per heavy atom. The molecule has 4 heteroatoms. The molecule has 0 amide bonds. The van der Waals surface area contributed by atoms with Crippen LogP contribution in [0.4, 0.5) is 0 Å². The average Bonchev–Trinajstić information content (AvgIpc) is 2.73. The molecule has 1 atom stereocenters. The van der Waals surface area contributed by atoms with Crippen molar-refractivity contribution in [3.63, 3.8) is 0 Å². The first kappa shape index (κ1) is 15.1. The molecule has 0 radical (unpaired) electrons. The lowest BCUT2D eigenvalue weighted by Crippen LogP contribution is -2.44. The Morgan fingerprint density at radius 2 is 1.86 bits per heavy atom. The Morgan fingerprint density at radius 3 is 2.52 bits per heavy atom. The first-order valence-electron chi connectivity index (χ1n) is 7.73. The van der Waals surface area contributed by atoms with Crippen LogP contribution >= 0.6 is 0 Å². The highest BCUT2D eigenvalue weighted by molar-refractivity contribution is 7.91. The maximum absolute atomic E-state index is 12.5. The molecule has 3 nitrogen and oxygen atoms in total. The van der Waals surface area contributed by atoms with E-state index < -0.39 is 11.4 Å². The molecule has 1 aliphatic carbocycles. The molecular formula is C17H24N2OS. The van der Waals surface area contributed by atoms with Crippen molar-refractivity contribution in [1.82, 2.24) is 5.32 Å².